The van der Waals surface area contributed by atoms with Crippen molar-refractivity contribution >= 4 is 15.9 Å². The van der Waals surface area contributed by atoms with Crippen molar-refractivity contribution in [3.63, 3.8) is 0 Å². The minimum atomic E-state index is -3.10. The summed E-state index contributed by atoms with van der Waals surface area (Å²) in [6.45, 7) is 0.960. The van der Waals surface area contributed by atoms with Crippen molar-refractivity contribution in [2.75, 3.05) is 19.3 Å². The predicted octanol–water partition coefficient (Wildman–Crippen LogP) is 0.963. The molecule has 2 bridgehead atoms. The van der Waals surface area contributed by atoms with Crippen LogP contribution in [0.2, 0.25) is 0 Å². The molecule has 3 atom stereocenters. The van der Waals surface area contributed by atoms with Gasteiger partial charge in [0, 0.05) is 25.0 Å². The first-order valence-electron chi connectivity index (χ1n) is 7.69. The quantitative estimate of drug-likeness (QED) is 0.844. The molecular weight excluding hydrogens is 276 g/mol. The minimum absolute atomic E-state index is 0.00729. The zero-order valence-corrected chi connectivity index (χ0v) is 12.9. The number of nitrogens with one attached hydrogen (secondary N) is 1. The molecule has 114 valence electrons. The number of carbonyl (C=O) groups excluding carboxylic acids is 1. The van der Waals surface area contributed by atoms with Gasteiger partial charge in [-0.05, 0) is 43.9 Å². The number of sulfonamides is 1. The maximum atomic E-state index is 12.3. The summed E-state index contributed by atoms with van der Waals surface area (Å²) in [5, 5.41) is 3.23. The van der Waals surface area contributed by atoms with Crippen LogP contribution in [-0.2, 0) is 14.8 Å². The summed E-state index contributed by atoms with van der Waals surface area (Å²) in [5.41, 5.74) is 0. The summed E-state index contributed by atoms with van der Waals surface area (Å²) in [6.07, 6.45) is 7.59. The second-order valence-corrected chi connectivity index (χ2v) is 8.71. The van der Waals surface area contributed by atoms with Gasteiger partial charge >= 0.3 is 0 Å². The van der Waals surface area contributed by atoms with Crippen LogP contribution in [0.15, 0.2) is 0 Å². The van der Waals surface area contributed by atoms with E-state index in [-0.39, 0.29) is 11.8 Å². The third kappa shape index (κ3) is 2.86. The van der Waals surface area contributed by atoms with E-state index in [1.165, 1.54) is 29.8 Å². The summed E-state index contributed by atoms with van der Waals surface area (Å²) in [4.78, 5) is 12.3. The minimum Gasteiger partial charge on any atom is -0.353 e. The van der Waals surface area contributed by atoms with Gasteiger partial charge in [0.1, 0.15) is 0 Å². The van der Waals surface area contributed by atoms with Crippen molar-refractivity contribution in [3.8, 4) is 0 Å². The Kier molecular flexibility index (Phi) is 3.79. The average molecular weight is 300 g/mol. The first-order chi connectivity index (χ1) is 9.43. The summed E-state index contributed by atoms with van der Waals surface area (Å²) >= 11 is 0. The van der Waals surface area contributed by atoms with Crippen molar-refractivity contribution in [1.82, 2.24) is 9.62 Å². The average Bonchev–Trinajstić information content (AvgIpc) is 3.00. The second-order valence-electron chi connectivity index (χ2n) is 6.73. The lowest BCUT2D eigenvalue weighted by molar-refractivity contribution is -0.127. The Morgan fingerprint density at radius 2 is 1.80 bits per heavy atom. The molecule has 6 heteroatoms. The van der Waals surface area contributed by atoms with Crippen molar-refractivity contribution in [1.29, 1.82) is 0 Å². The van der Waals surface area contributed by atoms with E-state index in [9.17, 15) is 13.2 Å². The lowest BCUT2D eigenvalue weighted by Crippen LogP contribution is -2.46. The number of amides is 1. The van der Waals surface area contributed by atoms with Crippen LogP contribution in [0.1, 0.15) is 38.5 Å². The SMILES string of the molecule is CS(=O)(=O)N1CCC(C(=O)N[C@H]2C[C@@H]3CC[C@@H]2C3)CC1. The molecule has 0 aromatic heterocycles. The van der Waals surface area contributed by atoms with E-state index in [1.54, 1.807) is 0 Å². The van der Waals surface area contributed by atoms with E-state index in [2.05, 4.69) is 5.32 Å². The van der Waals surface area contributed by atoms with Crippen LogP contribution in [0.25, 0.3) is 0 Å². The number of fused-ring (bicyclic) bond motifs is 2. The highest BCUT2D eigenvalue weighted by Gasteiger charge is 2.41. The Morgan fingerprint density at radius 1 is 1.10 bits per heavy atom. The van der Waals surface area contributed by atoms with Crippen LogP contribution >= 0.6 is 0 Å². The molecule has 1 aliphatic heterocycles. The molecule has 5 nitrogen and oxygen atoms in total. The molecular formula is C14H24N2O3S. The van der Waals surface area contributed by atoms with Gasteiger partial charge in [0.15, 0.2) is 0 Å². The predicted molar refractivity (Wildman–Crippen MR) is 76.5 cm³/mol. The molecule has 0 spiro atoms. The molecule has 3 rings (SSSR count). The molecule has 20 heavy (non-hydrogen) atoms. The standard InChI is InChI=1S/C14H24N2O3S/c1-20(18,19)16-6-4-11(5-7-16)14(17)15-13-9-10-2-3-12(13)8-10/h10-13H,2-9H2,1H3,(H,15,17)/t10-,12-,13+/m1/s1. The molecule has 1 saturated heterocycles. The first kappa shape index (κ1) is 14.3. The van der Waals surface area contributed by atoms with Crippen molar-refractivity contribution in [3.05, 3.63) is 0 Å². The van der Waals surface area contributed by atoms with E-state index in [0.717, 1.165) is 12.3 Å². The van der Waals surface area contributed by atoms with Crippen LogP contribution in [0.3, 0.4) is 0 Å². The summed E-state index contributed by atoms with van der Waals surface area (Å²) in [6, 6.07) is 0.384. The van der Waals surface area contributed by atoms with E-state index in [4.69, 9.17) is 0 Å². The Bertz CT molecular complexity index is 483. The fourth-order valence-electron chi connectivity index (χ4n) is 4.17. The second kappa shape index (κ2) is 5.30. The van der Waals surface area contributed by atoms with E-state index >= 15 is 0 Å². The monoisotopic (exact) mass is 300 g/mol. The van der Waals surface area contributed by atoms with Gasteiger partial charge in [-0.25, -0.2) is 12.7 Å². The van der Waals surface area contributed by atoms with Gasteiger partial charge < -0.3 is 5.32 Å². The smallest absolute Gasteiger partial charge is 0.223 e. The van der Waals surface area contributed by atoms with Gasteiger partial charge in [0.05, 0.1) is 6.26 Å². The molecule has 0 radical (unpaired) electrons. The fourth-order valence-corrected chi connectivity index (χ4v) is 5.05. The normalized spacial score (nSPS) is 35.4. The Hall–Kier alpha value is -0.620. The Balaban J connectivity index is 1.50. The van der Waals surface area contributed by atoms with Gasteiger partial charge in [-0.15, -0.1) is 0 Å². The Morgan fingerprint density at radius 3 is 2.30 bits per heavy atom. The zero-order chi connectivity index (χ0) is 14.3. The van der Waals surface area contributed by atoms with Gasteiger partial charge in [-0.3, -0.25) is 4.79 Å². The lowest BCUT2D eigenvalue weighted by Gasteiger charge is -2.31. The molecule has 2 aliphatic carbocycles. The maximum Gasteiger partial charge on any atom is 0.223 e. The number of rotatable bonds is 3. The molecule has 3 fully saturated rings. The molecule has 0 unspecified atom stereocenters. The van der Waals surface area contributed by atoms with Crippen LogP contribution in [0.4, 0.5) is 0 Å². The number of hydrogen-bond acceptors (Lipinski definition) is 3. The van der Waals surface area contributed by atoms with E-state index in [0.29, 0.717) is 37.9 Å². The summed E-state index contributed by atoms with van der Waals surface area (Å²) in [7, 11) is -3.10. The van der Waals surface area contributed by atoms with Crippen LogP contribution in [0.5, 0.6) is 0 Å². The van der Waals surface area contributed by atoms with Crippen LogP contribution < -0.4 is 5.32 Å². The summed E-state index contributed by atoms with van der Waals surface area (Å²) < 4.78 is 24.4. The third-order valence-electron chi connectivity index (χ3n) is 5.36. The number of piperidine rings is 1. The molecule has 1 heterocycles. The van der Waals surface area contributed by atoms with Crippen LogP contribution in [-0.4, -0.2) is 44.0 Å². The van der Waals surface area contributed by atoms with Crippen molar-refractivity contribution < 1.29 is 13.2 Å². The molecule has 0 aromatic rings. The first-order valence-corrected chi connectivity index (χ1v) is 9.54. The molecule has 1 amide bonds. The van der Waals surface area contributed by atoms with Crippen molar-refractivity contribution in [2.45, 2.75) is 44.6 Å². The number of hydrogen-bond donors (Lipinski definition) is 1. The molecule has 0 aromatic carbocycles. The third-order valence-corrected chi connectivity index (χ3v) is 6.66. The summed E-state index contributed by atoms with van der Waals surface area (Å²) in [5.74, 6) is 1.67. The lowest BCUT2D eigenvalue weighted by atomic mass is 9.93. The van der Waals surface area contributed by atoms with E-state index < -0.39 is 10.0 Å². The molecule has 1 N–H and O–H groups in total. The topological polar surface area (TPSA) is 66.5 Å². The van der Waals surface area contributed by atoms with Crippen molar-refractivity contribution in [2.24, 2.45) is 17.8 Å². The highest BCUT2D eigenvalue weighted by molar-refractivity contribution is 7.88. The van der Waals surface area contributed by atoms with Gasteiger partial charge in [0.25, 0.3) is 0 Å². The maximum absolute atomic E-state index is 12.3. The van der Waals surface area contributed by atoms with Gasteiger partial charge in [-0.1, -0.05) is 6.42 Å². The fraction of sp³-hybridized carbons (Fsp3) is 0.929. The number of nitrogens with zero attached hydrogens (tertiary/aromatic N) is 1. The highest BCUT2D eigenvalue weighted by Crippen LogP contribution is 2.44. The Labute approximate surface area is 121 Å². The van der Waals surface area contributed by atoms with Gasteiger partial charge in [-0.2, -0.15) is 0 Å². The van der Waals surface area contributed by atoms with Gasteiger partial charge in [0.2, 0.25) is 15.9 Å². The number of carbonyl (C=O) groups is 1. The molecule has 3 aliphatic rings. The highest BCUT2D eigenvalue weighted by atomic mass is 32.2. The molecule has 2 saturated carbocycles. The largest absolute Gasteiger partial charge is 0.353 e. The van der Waals surface area contributed by atoms with Crippen LogP contribution in [0, 0.1) is 17.8 Å². The van der Waals surface area contributed by atoms with E-state index in [1.807, 2.05) is 0 Å². The zero-order valence-electron chi connectivity index (χ0n) is 12.0.